The molecule has 0 saturated carbocycles. The van der Waals surface area contributed by atoms with E-state index in [0.29, 0.717) is 27.3 Å². The number of halogens is 1. The maximum absolute atomic E-state index is 12.5. The topological polar surface area (TPSA) is 81.4 Å². The molecule has 1 unspecified atom stereocenters. The molecule has 2 amide bonds. The molecule has 2 aromatic rings. The average Bonchev–Trinajstić information content (AvgIpc) is 3.00. The number of nitrogens with one attached hydrogen (secondary N) is 1. The van der Waals surface area contributed by atoms with Crippen molar-refractivity contribution in [3.8, 4) is 5.75 Å². The summed E-state index contributed by atoms with van der Waals surface area (Å²) in [5.41, 5.74) is 9.09. The number of hydrogen-bond acceptors (Lipinski definition) is 4. The van der Waals surface area contributed by atoms with Gasteiger partial charge in [0.2, 0.25) is 0 Å². The summed E-state index contributed by atoms with van der Waals surface area (Å²) in [6.07, 6.45) is 2.72. The fraction of sp³-hybridized carbons (Fsp3) is 0.478. The second kappa shape index (κ2) is 8.60. The first-order valence-electron chi connectivity index (χ1n) is 10.1. The molecule has 3 N–H and O–H groups in total. The largest absolute Gasteiger partial charge is 0.484 e. The fourth-order valence-corrected chi connectivity index (χ4v) is 5.43. The maximum atomic E-state index is 12.5. The van der Waals surface area contributed by atoms with Crippen LogP contribution >= 0.6 is 22.9 Å². The minimum absolute atomic E-state index is 0.161. The molecule has 1 aromatic carbocycles. The highest BCUT2D eigenvalue weighted by molar-refractivity contribution is 7.17. The van der Waals surface area contributed by atoms with E-state index in [1.54, 1.807) is 12.1 Å². The molecule has 5 nitrogen and oxygen atoms in total. The minimum atomic E-state index is -0.498. The van der Waals surface area contributed by atoms with Crippen LogP contribution in [0.4, 0.5) is 5.00 Å². The molecule has 1 aliphatic carbocycles. The van der Waals surface area contributed by atoms with Gasteiger partial charge in [-0.3, -0.25) is 9.59 Å². The van der Waals surface area contributed by atoms with E-state index in [-0.39, 0.29) is 17.9 Å². The molecule has 162 valence electrons. The molecule has 3 rings (SSSR count). The molecule has 1 heterocycles. The maximum Gasteiger partial charge on any atom is 0.262 e. The van der Waals surface area contributed by atoms with Crippen LogP contribution in [0.25, 0.3) is 0 Å². The Morgan fingerprint density at radius 2 is 1.90 bits per heavy atom. The van der Waals surface area contributed by atoms with Crippen LogP contribution in [-0.2, 0) is 17.6 Å². The zero-order chi connectivity index (χ0) is 22.2. The number of amides is 2. The highest BCUT2D eigenvalue weighted by Gasteiger charge is 2.33. The Morgan fingerprint density at radius 1 is 1.27 bits per heavy atom. The number of nitrogens with two attached hydrogens (primary N) is 1. The van der Waals surface area contributed by atoms with Gasteiger partial charge in [0.05, 0.1) is 5.56 Å². The van der Waals surface area contributed by atoms with Gasteiger partial charge >= 0.3 is 0 Å². The van der Waals surface area contributed by atoms with E-state index < -0.39 is 5.91 Å². The van der Waals surface area contributed by atoms with E-state index in [1.165, 1.54) is 11.3 Å². The molecule has 1 aliphatic rings. The number of rotatable bonds is 5. The van der Waals surface area contributed by atoms with Crippen molar-refractivity contribution in [2.45, 2.75) is 53.9 Å². The lowest BCUT2D eigenvalue weighted by Gasteiger charge is -2.33. The van der Waals surface area contributed by atoms with Gasteiger partial charge in [-0.25, -0.2) is 0 Å². The van der Waals surface area contributed by atoms with Crippen molar-refractivity contribution >= 4 is 39.8 Å². The Labute approximate surface area is 186 Å². The smallest absolute Gasteiger partial charge is 0.262 e. The van der Waals surface area contributed by atoms with E-state index in [2.05, 4.69) is 26.1 Å². The Bertz CT molecular complexity index is 968. The van der Waals surface area contributed by atoms with Crippen LogP contribution in [0.3, 0.4) is 0 Å². The van der Waals surface area contributed by atoms with Crippen molar-refractivity contribution < 1.29 is 14.3 Å². The van der Waals surface area contributed by atoms with Crippen LogP contribution in [0.5, 0.6) is 5.75 Å². The number of ether oxygens (including phenoxy) is 1. The summed E-state index contributed by atoms with van der Waals surface area (Å²) >= 11 is 7.64. The van der Waals surface area contributed by atoms with E-state index in [9.17, 15) is 9.59 Å². The first-order valence-corrected chi connectivity index (χ1v) is 11.3. The van der Waals surface area contributed by atoms with Crippen LogP contribution < -0.4 is 15.8 Å². The van der Waals surface area contributed by atoms with Crippen LogP contribution in [0.15, 0.2) is 12.1 Å². The van der Waals surface area contributed by atoms with Crippen molar-refractivity contribution in [2.24, 2.45) is 17.1 Å². The Morgan fingerprint density at radius 3 is 2.47 bits per heavy atom. The monoisotopic (exact) mass is 448 g/mol. The van der Waals surface area contributed by atoms with Crippen LogP contribution in [-0.4, -0.2) is 18.4 Å². The number of anilines is 1. The van der Waals surface area contributed by atoms with Crippen molar-refractivity contribution in [1.82, 2.24) is 0 Å². The van der Waals surface area contributed by atoms with E-state index >= 15 is 0 Å². The highest BCUT2D eigenvalue weighted by Crippen LogP contribution is 2.44. The molecule has 7 heteroatoms. The lowest BCUT2D eigenvalue weighted by molar-refractivity contribution is -0.118. The zero-order valence-corrected chi connectivity index (χ0v) is 19.7. The lowest BCUT2D eigenvalue weighted by atomic mass is 9.72. The molecule has 0 radical (unpaired) electrons. The minimum Gasteiger partial charge on any atom is -0.484 e. The van der Waals surface area contributed by atoms with Gasteiger partial charge in [0, 0.05) is 9.90 Å². The number of carbonyl (C=O) groups excluding carboxylic acids is 2. The van der Waals surface area contributed by atoms with Gasteiger partial charge < -0.3 is 15.8 Å². The summed E-state index contributed by atoms with van der Waals surface area (Å²) in [6, 6.07) is 3.60. The third-order valence-corrected chi connectivity index (χ3v) is 7.54. The lowest BCUT2D eigenvalue weighted by Crippen LogP contribution is -2.27. The molecular weight excluding hydrogens is 420 g/mol. The summed E-state index contributed by atoms with van der Waals surface area (Å²) in [5.74, 6) is 0.293. The van der Waals surface area contributed by atoms with E-state index in [1.807, 2.05) is 13.8 Å². The Balaban J connectivity index is 1.74. The second-order valence-corrected chi connectivity index (χ2v) is 10.6. The molecular formula is C23H29ClN2O3S. The molecule has 0 saturated heterocycles. The standard InChI is InChI=1S/C23H29ClN2O3S/c1-12-8-15(9-13(2)20(12)24)29-11-18(27)26-22-19(21(25)28)16-7-6-14(23(3,4)5)10-17(16)30-22/h8-9,14H,6-7,10-11H2,1-5H3,(H2,25,28)(H,26,27). The first kappa shape index (κ1) is 22.6. The van der Waals surface area contributed by atoms with Gasteiger partial charge in [-0.1, -0.05) is 32.4 Å². The molecule has 1 atom stereocenters. The molecule has 0 spiro atoms. The van der Waals surface area contributed by atoms with Crippen LogP contribution in [0.2, 0.25) is 5.02 Å². The van der Waals surface area contributed by atoms with Crippen molar-refractivity contribution in [3.05, 3.63) is 44.3 Å². The number of carbonyl (C=O) groups is 2. The quantitative estimate of drug-likeness (QED) is 0.652. The van der Waals surface area contributed by atoms with Crippen LogP contribution in [0, 0.1) is 25.2 Å². The third-order valence-electron chi connectivity index (χ3n) is 5.77. The van der Waals surface area contributed by atoms with Crippen LogP contribution in [0.1, 0.15) is 59.1 Å². The van der Waals surface area contributed by atoms with Gasteiger partial charge in [-0.2, -0.15) is 0 Å². The summed E-state index contributed by atoms with van der Waals surface area (Å²) < 4.78 is 5.64. The third kappa shape index (κ3) is 4.81. The molecule has 0 aliphatic heterocycles. The summed E-state index contributed by atoms with van der Waals surface area (Å²) in [5, 5.41) is 4.06. The Kier molecular flexibility index (Phi) is 6.48. The predicted octanol–water partition coefficient (Wildman–Crippen LogP) is 5.29. The van der Waals surface area contributed by atoms with E-state index in [0.717, 1.165) is 40.8 Å². The number of benzene rings is 1. The normalized spacial score (nSPS) is 16.1. The van der Waals surface area contributed by atoms with Gasteiger partial charge in [0.1, 0.15) is 10.8 Å². The zero-order valence-electron chi connectivity index (χ0n) is 18.1. The number of aryl methyl sites for hydroxylation is 2. The van der Waals surface area contributed by atoms with E-state index in [4.69, 9.17) is 22.1 Å². The predicted molar refractivity (Wildman–Crippen MR) is 123 cm³/mol. The number of thiophene rings is 1. The number of primary amides is 1. The number of hydrogen-bond donors (Lipinski definition) is 2. The van der Waals surface area contributed by atoms with Gasteiger partial charge in [0.15, 0.2) is 6.61 Å². The van der Waals surface area contributed by atoms with Gasteiger partial charge in [-0.15, -0.1) is 11.3 Å². The first-order chi connectivity index (χ1) is 14.0. The molecule has 0 fully saturated rings. The van der Waals surface area contributed by atoms with Crippen molar-refractivity contribution in [3.63, 3.8) is 0 Å². The van der Waals surface area contributed by atoms with Crippen molar-refractivity contribution in [2.75, 3.05) is 11.9 Å². The SMILES string of the molecule is Cc1cc(OCC(=O)Nc2sc3c(c2C(N)=O)CCC(C(C)(C)C)C3)cc(C)c1Cl. The number of fused-ring (bicyclic) bond motifs is 1. The van der Waals surface area contributed by atoms with Crippen molar-refractivity contribution in [1.29, 1.82) is 0 Å². The summed E-state index contributed by atoms with van der Waals surface area (Å²) in [6.45, 7) is 10.3. The average molecular weight is 449 g/mol. The second-order valence-electron chi connectivity index (χ2n) is 9.09. The Hall–Kier alpha value is -2.05. The fourth-order valence-electron chi connectivity index (χ4n) is 3.97. The summed E-state index contributed by atoms with van der Waals surface area (Å²) in [4.78, 5) is 25.8. The molecule has 1 aromatic heterocycles. The summed E-state index contributed by atoms with van der Waals surface area (Å²) in [7, 11) is 0. The molecule has 0 bridgehead atoms. The van der Waals surface area contributed by atoms with Gasteiger partial charge in [-0.05, 0) is 73.3 Å². The highest BCUT2D eigenvalue weighted by atomic mass is 35.5. The van der Waals surface area contributed by atoms with Gasteiger partial charge in [0.25, 0.3) is 11.8 Å². The molecule has 30 heavy (non-hydrogen) atoms.